The quantitative estimate of drug-likeness (QED) is 0.392. The number of thiocarbonyl (C=S) groups is 1. The van der Waals surface area contributed by atoms with E-state index in [0.29, 0.717) is 16.9 Å². The molecule has 3 aromatic rings. The molecular formula is C22H21FN4O4S. The molecule has 0 saturated heterocycles. The van der Waals surface area contributed by atoms with Gasteiger partial charge in [0.25, 0.3) is 5.91 Å². The first-order valence-corrected chi connectivity index (χ1v) is 10.1. The molecule has 1 amide bonds. The van der Waals surface area contributed by atoms with Crippen LogP contribution < -0.4 is 16.0 Å². The van der Waals surface area contributed by atoms with Crippen molar-refractivity contribution in [3.05, 3.63) is 66.2 Å². The molecule has 0 bridgehead atoms. The molecule has 4 N–H and O–H groups in total. The van der Waals surface area contributed by atoms with Crippen LogP contribution in [0.2, 0.25) is 0 Å². The van der Waals surface area contributed by atoms with Crippen LogP contribution in [0.25, 0.3) is 11.3 Å². The van der Waals surface area contributed by atoms with Crippen LogP contribution in [0.3, 0.4) is 0 Å². The fraction of sp³-hybridized carbons (Fsp3) is 0.182. The number of hydrogen-bond acceptors (Lipinski definition) is 5. The number of nitrogens with one attached hydrogen (secondary N) is 3. The van der Waals surface area contributed by atoms with Crippen LogP contribution >= 0.6 is 12.2 Å². The Morgan fingerprint density at radius 3 is 2.41 bits per heavy atom. The van der Waals surface area contributed by atoms with Gasteiger partial charge < -0.3 is 25.6 Å². The first-order valence-electron chi connectivity index (χ1n) is 9.68. The molecule has 8 nitrogen and oxygen atoms in total. The standard InChI is InChI=1S/C22H21FN4O4S/c1-12(2)19(21(29)30)26-20(28)18-11-17(27-31-18)13-7-9-14(10-8-13)24-22(32)25-16-6-4-3-5-15(16)23/h3-12,19H,1-2H3,(H,26,28)(H,29,30)(H2,24,25,32). The third kappa shape index (κ3) is 5.67. The van der Waals surface area contributed by atoms with Gasteiger partial charge in [0, 0.05) is 17.3 Å². The molecule has 0 aliphatic carbocycles. The van der Waals surface area contributed by atoms with Crippen LogP contribution in [-0.4, -0.2) is 33.3 Å². The summed E-state index contributed by atoms with van der Waals surface area (Å²) in [4.78, 5) is 23.6. The number of carbonyl (C=O) groups is 2. The van der Waals surface area contributed by atoms with E-state index in [-0.39, 0.29) is 22.5 Å². The number of rotatable bonds is 7. The minimum atomic E-state index is -1.13. The maximum Gasteiger partial charge on any atom is 0.326 e. The SMILES string of the molecule is CC(C)C(NC(=O)c1cc(-c2ccc(NC(=S)Nc3ccccc3F)cc2)no1)C(=O)O. The first-order chi connectivity index (χ1) is 15.2. The second-order valence-electron chi connectivity index (χ2n) is 7.25. The van der Waals surface area contributed by atoms with Crippen LogP contribution in [0.15, 0.2) is 59.1 Å². The summed E-state index contributed by atoms with van der Waals surface area (Å²) in [7, 11) is 0. The van der Waals surface area contributed by atoms with Gasteiger partial charge in [-0.3, -0.25) is 4.79 Å². The lowest BCUT2D eigenvalue weighted by Crippen LogP contribution is -2.44. The molecule has 10 heteroatoms. The van der Waals surface area contributed by atoms with E-state index in [1.807, 2.05) is 0 Å². The summed E-state index contributed by atoms with van der Waals surface area (Å²) in [6.07, 6.45) is 0. The number of anilines is 2. The Balaban J connectivity index is 1.63. The van der Waals surface area contributed by atoms with Crippen molar-refractivity contribution in [2.45, 2.75) is 19.9 Å². The Labute approximate surface area is 188 Å². The van der Waals surface area contributed by atoms with Gasteiger partial charge in [0.1, 0.15) is 17.6 Å². The van der Waals surface area contributed by atoms with E-state index in [9.17, 15) is 19.1 Å². The zero-order valence-electron chi connectivity index (χ0n) is 17.3. The number of halogens is 1. The molecular weight excluding hydrogens is 435 g/mol. The number of benzene rings is 2. The highest BCUT2D eigenvalue weighted by atomic mass is 32.1. The second-order valence-corrected chi connectivity index (χ2v) is 7.65. The van der Waals surface area contributed by atoms with Gasteiger partial charge in [-0.2, -0.15) is 0 Å². The highest BCUT2D eigenvalue weighted by molar-refractivity contribution is 7.80. The number of carboxylic acid groups (broad SMARTS) is 1. The molecule has 0 aliphatic heterocycles. The topological polar surface area (TPSA) is 116 Å². The fourth-order valence-corrected chi connectivity index (χ4v) is 3.04. The van der Waals surface area contributed by atoms with Gasteiger partial charge >= 0.3 is 5.97 Å². The molecule has 1 unspecified atom stereocenters. The van der Waals surface area contributed by atoms with Crippen molar-refractivity contribution >= 4 is 40.6 Å². The van der Waals surface area contributed by atoms with Crippen molar-refractivity contribution < 1.29 is 23.6 Å². The maximum atomic E-state index is 13.7. The van der Waals surface area contributed by atoms with Gasteiger partial charge in [-0.1, -0.05) is 43.3 Å². The van der Waals surface area contributed by atoms with Crippen molar-refractivity contribution in [3.63, 3.8) is 0 Å². The maximum absolute atomic E-state index is 13.7. The van der Waals surface area contributed by atoms with Crippen molar-refractivity contribution in [2.75, 3.05) is 10.6 Å². The van der Waals surface area contributed by atoms with Gasteiger partial charge in [0.2, 0.25) is 5.76 Å². The van der Waals surface area contributed by atoms with Gasteiger partial charge in [-0.25, -0.2) is 9.18 Å². The highest BCUT2D eigenvalue weighted by Crippen LogP contribution is 2.22. The number of hydrogen-bond donors (Lipinski definition) is 4. The van der Waals surface area contributed by atoms with Crippen molar-refractivity contribution in [3.8, 4) is 11.3 Å². The number of nitrogens with zero attached hydrogens (tertiary/aromatic N) is 1. The lowest BCUT2D eigenvalue weighted by Gasteiger charge is -2.16. The summed E-state index contributed by atoms with van der Waals surface area (Å²) in [6.45, 7) is 3.38. The molecule has 1 atom stereocenters. The van der Waals surface area contributed by atoms with Gasteiger partial charge in [-0.05, 0) is 42.4 Å². The molecule has 0 aliphatic rings. The Morgan fingerprint density at radius 1 is 1.09 bits per heavy atom. The summed E-state index contributed by atoms with van der Waals surface area (Å²) in [5.41, 5.74) is 2.00. The van der Waals surface area contributed by atoms with Gasteiger partial charge in [0.05, 0.1) is 5.69 Å². The average Bonchev–Trinajstić information content (AvgIpc) is 3.24. The Kier molecular flexibility index (Phi) is 7.16. The van der Waals surface area contributed by atoms with Gasteiger partial charge in [0.15, 0.2) is 5.11 Å². The zero-order valence-corrected chi connectivity index (χ0v) is 18.1. The molecule has 1 aromatic heterocycles. The lowest BCUT2D eigenvalue weighted by atomic mass is 10.0. The van der Waals surface area contributed by atoms with Crippen molar-refractivity contribution in [1.29, 1.82) is 0 Å². The number of amides is 1. The van der Waals surface area contributed by atoms with Gasteiger partial charge in [-0.15, -0.1) is 0 Å². The number of para-hydroxylation sites is 1. The minimum Gasteiger partial charge on any atom is -0.480 e. The summed E-state index contributed by atoms with van der Waals surface area (Å²) in [6, 6.07) is 13.5. The predicted molar refractivity (Wildman–Crippen MR) is 122 cm³/mol. The van der Waals surface area contributed by atoms with Crippen molar-refractivity contribution in [1.82, 2.24) is 10.5 Å². The molecule has 0 fully saturated rings. The van der Waals surface area contributed by atoms with Crippen LogP contribution in [0.1, 0.15) is 24.4 Å². The lowest BCUT2D eigenvalue weighted by molar-refractivity contribution is -0.140. The molecule has 2 aromatic carbocycles. The van der Waals surface area contributed by atoms with E-state index in [4.69, 9.17) is 16.7 Å². The van der Waals surface area contributed by atoms with E-state index in [1.54, 1.807) is 56.3 Å². The van der Waals surface area contributed by atoms with Crippen LogP contribution in [0.5, 0.6) is 0 Å². The normalized spacial score (nSPS) is 11.6. The van der Waals surface area contributed by atoms with Crippen molar-refractivity contribution in [2.24, 2.45) is 5.92 Å². The van der Waals surface area contributed by atoms with E-state index in [0.717, 1.165) is 0 Å². The highest BCUT2D eigenvalue weighted by Gasteiger charge is 2.25. The predicted octanol–water partition coefficient (Wildman–Crippen LogP) is 4.13. The minimum absolute atomic E-state index is 0.0932. The number of carboxylic acids is 1. The molecule has 0 saturated carbocycles. The largest absolute Gasteiger partial charge is 0.480 e. The van der Waals surface area contributed by atoms with E-state index in [2.05, 4.69) is 21.1 Å². The van der Waals surface area contributed by atoms with E-state index < -0.39 is 23.7 Å². The summed E-state index contributed by atoms with van der Waals surface area (Å²) in [5, 5.41) is 21.5. The van der Waals surface area contributed by atoms with Crippen LogP contribution in [0.4, 0.5) is 15.8 Å². The molecule has 166 valence electrons. The number of aromatic nitrogens is 1. The summed E-state index contributed by atoms with van der Waals surface area (Å²) < 4.78 is 18.8. The van der Waals surface area contributed by atoms with Crippen LogP contribution in [0, 0.1) is 11.7 Å². The number of carbonyl (C=O) groups excluding carboxylic acids is 1. The summed E-state index contributed by atoms with van der Waals surface area (Å²) in [5.74, 6) is -2.59. The zero-order chi connectivity index (χ0) is 23.3. The molecule has 0 spiro atoms. The first kappa shape index (κ1) is 22.9. The average molecular weight is 456 g/mol. The molecule has 32 heavy (non-hydrogen) atoms. The Hall–Kier alpha value is -3.79. The second kappa shape index (κ2) is 10.0. The Bertz CT molecular complexity index is 1130. The summed E-state index contributed by atoms with van der Waals surface area (Å²) >= 11 is 5.20. The monoisotopic (exact) mass is 456 g/mol. The fourth-order valence-electron chi connectivity index (χ4n) is 2.82. The molecule has 3 rings (SSSR count). The molecule has 0 radical (unpaired) electrons. The molecule has 1 heterocycles. The smallest absolute Gasteiger partial charge is 0.326 e. The van der Waals surface area contributed by atoms with E-state index >= 15 is 0 Å². The van der Waals surface area contributed by atoms with Crippen LogP contribution in [-0.2, 0) is 4.79 Å². The Morgan fingerprint density at radius 2 is 1.78 bits per heavy atom. The third-order valence-corrected chi connectivity index (χ3v) is 4.72. The number of aliphatic carboxylic acids is 1. The van der Waals surface area contributed by atoms with E-state index in [1.165, 1.54) is 12.1 Å². The third-order valence-electron chi connectivity index (χ3n) is 4.51.